The molecule has 0 radical (unpaired) electrons. The number of methoxy groups -OCH3 is 1. The summed E-state index contributed by atoms with van der Waals surface area (Å²) in [5.41, 5.74) is 7.55. The lowest BCUT2D eigenvalue weighted by Gasteiger charge is -2.32. The number of carbonyl (C=O) groups is 1. The Balaban J connectivity index is 1.52. The summed E-state index contributed by atoms with van der Waals surface area (Å²) in [5, 5.41) is 0.947. The van der Waals surface area contributed by atoms with E-state index in [1.54, 1.807) is 13.3 Å². The van der Waals surface area contributed by atoms with Crippen molar-refractivity contribution in [2.45, 2.75) is 6.10 Å². The molecule has 150 valence electrons. The van der Waals surface area contributed by atoms with Crippen LogP contribution in [0.1, 0.15) is 26.9 Å². The van der Waals surface area contributed by atoms with Gasteiger partial charge in [0.25, 0.3) is 5.91 Å². The number of pyridine rings is 1. The highest BCUT2D eigenvalue weighted by Gasteiger charge is 2.29. The van der Waals surface area contributed by atoms with E-state index in [0.29, 0.717) is 18.0 Å². The van der Waals surface area contributed by atoms with Crippen molar-refractivity contribution in [3.8, 4) is 5.75 Å². The first kappa shape index (κ1) is 19.6. The minimum Gasteiger partial charge on any atom is -0.496 e. The summed E-state index contributed by atoms with van der Waals surface area (Å²) in [4.78, 5) is 20.1. The number of fused-ring (bicyclic) bond motifs is 1. The Labute approximate surface area is 173 Å². The molecule has 6 nitrogen and oxygen atoms in total. The number of rotatable bonds is 6. The van der Waals surface area contributed by atoms with Crippen molar-refractivity contribution in [2.75, 3.05) is 33.4 Å². The van der Waals surface area contributed by atoms with Crippen LogP contribution in [-0.2, 0) is 4.74 Å². The number of amides is 1. The summed E-state index contributed by atoms with van der Waals surface area (Å²) in [7, 11) is 1.68. The van der Waals surface area contributed by atoms with Crippen molar-refractivity contribution in [2.24, 2.45) is 5.73 Å². The maximum Gasteiger partial charge on any atom is 0.259 e. The summed E-state index contributed by atoms with van der Waals surface area (Å²) in [6.07, 6.45) is 5.72. The minimum atomic E-state index is -0.431. The van der Waals surface area contributed by atoms with E-state index in [9.17, 15) is 4.79 Å². The number of primary amides is 1. The van der Waals surface area contributed by atoms with Crippen LogP contribution in [0.5, 0.6) is 5.75 Å². The first-order valence-electron chi connectivity index (χ1n) is 9.48. The van der Waals surface area contributed by atoms with E-state index in [2.05, 4.69) is 22.0 Å². The van der Waals surface area contributed by atoms with Gasteiger partial charge in [-0.15, -0.1) is 11.3 Å². The Kier molecular flexibility index (Phi) is 5.89. The third-order valence-electron chi connectivity index (χ3n) is 5.00. The molecule has 0 spiro atoms. The lowest BCUT2D eigenvalue weighted by molar-refractivity contribution is -0.0253. The average Bonchev–Trinajstić information content (AvgIpc) is 3.14. The summed E-state index contributed by atoms with van der Waals surface area (Å²) in [6, 6.07) is 11.8. The van der Waals surface area contributed by atoms with Crippen molar-refractivity contribution in [3.63, 3.8) is 0 Å². The molecule has 0 unspecified atom stereocenters. The number of para-hydroxylation sites is 1. The predicted octanol–water partition coefficient (Wildman–Crippen LogP) is 3.49. The van der Waals surface area contributed by atoms with Gasteiger partial charge >= 0.3 is 0 Å². The normalized spacial score (nSPS) is 17.8. The zero-order valence-electron chi connectivity index (χ0n) is 16.2. The molecule has 1 amide bonds. The first-order chi connectivity index (χ1) is 14.2. The number of hydrogen-bond acceptors (Lipinski definition) is 6. The second-order valence-corrected chi connectivity index (χ2v) is 7.83. The fourth-order valence-electron chi connectivity index (χ4n) is 3.63. The summed E-state index contributed by atoms with van der Waals surface area (Å²) >= 11 is 1.33. The Bertz CT molecular complexity index is 1050. The van der Waals surface area contributed by atoms with Crippen molar-refractivity contribution >= 4 is 33.5 Å². The van der Waals surface area contributed by atoms with Gasteiger partial charge in [0, 0.05) is 42.3 Å². The molecule has 1 atom stereocenters. The van der Waals surface area contributed by atoms with Gasteiger partial charge in [0.2, 0.25) is 0 Å². The van der Waals surface area contributed by atoms with E-state index in [1.165, 1.54) is 11.3 Å². The Morgan fingerprint density at radius 3 is 3.07 bits per heavy atom. The molecule has 29 heavy (non-hydrogen) atoms. The molecule has 3 heterocycles. The van der Waals surface area contributed by atoms with Gasteiger partial charge in [0.05, 0.1) is 19.8 Å². The fourth-order valence-corrected chi connectivity index (χ4v) is 4.68. The van der Waals surface area contributed by atoms with Crippen LogP contribution in [0.25, 0.3) is 16.3 Å². The van der Waals surface area contributed by atoms with Gasteiger partial charge in [-0.25, -0.2) is 4.98 Å². The molecule has 0 bridgehead atoms. The first-order valence-corrected chi connectivity index (χ1v) is 10.3. The number of benzene rings is 1. The maximum absolute atomic E-state index is 12.0. The van der Waals surface area contributed by atoms with E-state index in [4.69, 9.17) is 15.2 Å². The van der Waals surface area contributed by atoms with Crippen molar-refractivity contribution in [1.29, 1.82) is 0 Å². The molecule has 1 aliphatic heterocycles. The van der Waals surface area contributed by atoms with E-state index < -0.39 is 5.91 Å². The monoisotopic (exact) mass is 409 g/mol. The molecule has 1 aromatic carbocycles. The van der Waals surface area contributed by atoms with Gasteiger partial charge < -0.3 is 15.2 Å². The van der Waals surface area contributed by atoms with E-state index >= 15 is 0 Å². The van der Waals surface area contributed by atoms with Gasteiger partial charge in [0.1, 0.15) is 15.5 Å². The Hall–Kier alpha value is -2.74. The molecule has 1 aliphatic rings. The number of hydrogen-bond donors (Lipinski definition) is 1. The molecule has 4 rings (SSSR count). The lowest BCUT2D eigenvalue weighted by atomic mass is 10.0. The number of aromatic nitrogens is 1. The zero-order valence-corrected chi connectivity index (χ0v) is 17.0. The van der Waals surface area contributed by atoms with Crippen LogP contribution in [0.15, 0.2) is 48.7 Å². The van der Waals surface area contributed by atoms with Crippen LogP contribution in [0.3, 0.4) is 0 Å². The van der Waals surface area contributed by atoms with Crippen LogP contribution in [-0.4, -0.2) is 49.1 Å². The lowest BCUT2D eigenvalue weighted by Crippen LogP contribution is -2.38. The second kappa shape index (κ2) is 8.73. The zero-order chi connectivity index (χ0) is 20.2. The summed E-state index contributed by atoms with van der Waals surface area (Å²) in [5.74, 6) is 0.423. The number of nitrogens with zero attached hydrogens (tertiary/aromatic N) is 2. The molecule has 2 aromatic heterocycles. The average molecular weight is 410 g/mol. The Morgan fingerprint density at radius 2 is 2.24 bits per heavy atom. The fraction of sp³-hybridized carbons (Fsp3) is 0.273. The third-order valence-corrected chi connectivity index (χ3v) is 6.14. The number of ether oxygens (including phenoxy) is 2. The summed E-state index contributed by atoms with van der Waals surface area (Å²) < 4.78 is 11.4. The topological polar surface area (TPSA) is 77.7 Å². The van der Waals surface area contributed by atoms with Crippen LogP contribution >= 0.6 is 11.3 Å². The quantitative estimate of drug-likeness (QED) is 0.674. The second-order valence-electron chi connectivity index (χ2n) is 6.83. The third kappa shape index (κ3) is 4.17. The Morgan fingerprint density at radius 1 is 1.38 bits per heavy atom. The van der Waals surface area contributed by atoms with E-state index in [0.717, 1.165) is 40.2 Å². The smallest absolute Gasteiger partial charge is 0.259 e. The summed E-state index contributed by atoms with van der Waals surface area (Å²) in [6.45, 7) is 2.91. The number of nitrogens with two attached hydrogens (primary N) is 1. The molecule has 3 aromatic rings. The molecule has 2 N–H and O–H groups in total. The van der Waals surface area contributed by atoms with Crippen LogP contribution in [0.4, 0.5) is 0 Å². The van der Waals surface area contributed by atoms with Crippen LogP contribution in [0.2, 0.25) is 0 Å². The number of thiophene rings is 1. The van der Waals surface area contributed by atoms with Crippen LogP contribution in [0, 0.1) is 0 Å². The number of morpholine rings is 1. The SMILES string of the molecule is COc1ccccc1/C=C/CN1CCO[C@@H](c2c(C(N)=O)sc3ncccc23)C1. The van der Waals surface area contributed by atoms with Gasteiger partial charge in [-0.2, -0.15) is 0 Å². The van der Waals surface area contributed by atoms with Crippen molar-refractivity contribution < 1.29 is 14.3 Å². The van der Waals surface area contributed by atoms with Gasteiger partial charge in [-0.3, -0.25) is 9.69 Å². The van der Waals surface area contributed by atoms with Gasteiger partial charge in [-0.1, -0.05) is 36.4 Å². The molecule has 1 fully saturated rings. The van der Waals surface area contributed by atoms with Gasteiger partial charge in [0.15, 0.2) is 0 Å². The maximum atomic E-state index is 12.0. The van der Waals surface area contributed by atoms with Crippen molar-refractivity contribution in [1.82, 2.24) is 9.88 Å². The molecular weight excluding hydrogens is 386 g/mol. The highest BCUT2D eigenvalue weighted by molar-refractivity contribution is 7.20. The molecule has 0 saturated carbocycles. The molecule has 1 saturated heterocycles. The highest BCUT2D eigenvalue weighted by Crippen LogP contribution is 2.37. The predicted molar refractivity (Wildman–Crippen MR) is 115 cm³/mol. The van der Waals surface area contributed by atoms with E-state index in [1.807, 2.05) is 36.4 Å². The molecule has 0 aliphatic carbocycles. The van der Waals surface area contributed by atoms with Crippen LogP contribution < -0.4 is 10.5 Å². The van der Waals surface area contributed by atoms with Crippen molar-refractivity contribution in [3.05, 3.63) is 64.7 Å². The minimum absolute atomic E-state index is 0.205. The standard InChI is InChI=1S/C22H23N3O3S/c1-27-17-9-3-2-6-15(17)7-5-11-25-12-13-28-18(14-25)19-16-8-4-10-24-22(16)29-20(19)21(23)26/h2-10,18H,11-14H2,1H3,(H2,23,26)/b7-5+/t18-/m1/s1. The highest BCUT2D eigenvalue weighted by atomic mass is 32.1. The number of carbonyl (C=O) groups excluding carboxylic acids is 1. The van der Waals surface area contributed by atoms with E-state index in [-0.39, 0.29) is 6.10 Å². The molecule has 7 heteroatoms. The largest absolute Gasteiger partial charge is 0.496 e. The van der Waals surface area contributed by atoms with Gasteiger partial charge in [-0.05, 0) is 12.1 Å². The molecular formula is C22H23N3O3S.